The molecule has 0 aromatic carbocycles. The summed E-state index contributed by atoms with van der Waals surface area (Å²) in [7, 11) is 0. The standard InChI is InChI=1S/C17H15N7O/c25-17(11-8-20-21-9-11)23-6-4-13-15(19-10-18-13)16(23)14-7-12-3-1-2-5-24(12)22-14/h1-3,5,7-10,16H,4,6H2,(H,18,19)(H,20,21). The summed E-state index contributed by atoms with van der Waals surface area (Å²) in [5.41, 5.74) is 4.23. The molecule has 1 aliphatic heterocycles. The lowest BCUT2D eigenvalue weighted by Crippen LogP contribution is -2.40. The Labute approximate surface area is 142 Å². The van der Waals surface area contributed by atoms with Crippen molar-refractivity contribution in [3.8, 4) is 0 Å². The Morgan fingerprint density at radius 3 is 3.12 bits per heavy atom. The summed E-state index contributed by atoms with van der Waals surface area (Å²) in [5.74, 6) is -0.0792. The third-order valence-electron chi connectivity index (χ3n) is 4.60. The van der Waals surface area contributed by atoms with Gasteiger partial charge in [0.25, 0.3) is 5.91 Å². The molecule has 1 aliphatic rings. The molecule has 0 saturated heterocycles. The fourth-order valence-electron chi connectivity index (χ4n) is 3.42. The monoisotopic (exact) mass is 333 g/mol. The van der Waals surface area contributed by atoms with Crippen molar-refractivity contribution in [3.05, 3.63) is 71.8 Å². The minimum absolute atomic E-state index is 0.0792. The first-order valence-electron chi connectivity index (χ1n) is 8.07. The van der Waals surface area contributed by atoms with Crippen LogP contribution in [0.4, 0.5) is 0 Å². The number of imidazole rings is 1. The van der Waals surface area contributed by atoms with Gasteiger partial charge in [-0.2, -0.15) is 10.2 Å². The predicted molar refractivity (Wildman–Crippen MR) is 89.0 cm³/mol. The summed E-state index contributed by atoms with van der Waals surface area (Å²) in [4.78, 5) is 22.5. The molecule has 1 unspecified atom stereocenters. The molecule has 0 aliphatic carbocycles. The number of carbonyl (C=O) groups is 1. The summed E-state index contributed by atoms with van der Waals surface area (Å²) < 4.78 is 1.82. The molecule has 5 heterocycles. The lowest BCUT2D eigenvalue weighted by atomic mass is 9.99. The van der Waals surface area contributed by atoms with Gasteiger partial charge >= 0.3 is 0 Å². The average Bonchev–Trinajstić information content (AvgIpc) is 3.39. The zero-order valence-electron chi connectivity index (χ0n) is 13.3. The second kappa shape index (κ2) is 5.30. The highest BCUT2D eigenvalue weighted by Crippen LogP contribution is 2.34. The number of rotatable bonds is 2. The molecule has 0 fully saturated rings. The molecule has 8 heteroatoms. The van der Waals surface area contributed by atoms with Crippen molar-refractivity contribution in [2.24, 2.45) is 0 Å². The molecule has 0 radical (unpaired) electrons. The number of nitrogens with one attached hydrogen (secondary N) is 2. The number of amides is 1. The molecule has 1 amide bonds. The number of hydrogen-bond donors (Lipinski definition) is 2. The Balaban J connectivity index is 1.64. The van der Waals surface area contributed by atoms with E-state index in [0.29, 0.717) is 12.1 Å². The predicted octanol–water partition coefficient (Wildman–Crippen LogP) is 1.57. The molecule has 0 spiro atoms. The van der Waals surface area contributed by atoms with Crippen LogP contribution >= 0.6 is 0 Å². The van der Waals surface area contributed by atoms with Crippen molar-refractivity contribution in [3.63, 3.8) is 0 Å². The van der Waals surface area contributed by atoms with Gasteiger partial charge in [-0.15, -0.1) is 0 Å². The van der Waals surface area contributed by atoms with Gasteiger partial charge in [0.05, 0.1) is 35.0 Å². The molecule has 124 valence electrons. The van der Waals surface area contributed by atoms with Gasteiger partial charge in [-0.1, -0.05) is 6.07 Å². The number of hydrogen-bond acceptors (Lipinski definition) is 4. The second-order valence-corrected chi connectivity index (χ2v) is 6.04. The smallest absolute Gasteiger partial charge is 0.257 e. The second-order valence-electron chi connectivity index (χ2n) is 6.04. The van der Waals surface area contributed by atoms with Crippen molar-refractivity contribution >= 4 is 11.4 Å². The van der Waals surface area contributed by atoms with Gasteiger partial charge in [-0.3, -0.25) is 9.89 Å². The molecule has 0 saturated carbocycles. The zero-order chi connectivity index (χ0) is 16.8. The van der Waals surface area contributed by atoms with Crippen molar-refractivity contribution in [1.29, 1.82) is 0 Å². The van der Waals surface area contributed by atoms with Gasteiger partial charge in [-0.25, -0.2) is 9.50 Å². The van der Waals surface area contributed by atoms with Crippen molar-refractivity contribution in [2.75, 3.05) is 6.54 Å². The van der Waals surface area contributed by atoms with Gasteiger partial charge in [0, 0.05) is 31.1 Å². The van der Waals surface area contributed by atoms with E-state index in [1.54, 1.807) is 18.7 Å². The Morgan fingerprint density at radius 1 is 1.32 bits per heavy atom. The molecule has 25 heavy (non-hydrogen) atoms. The van der Waals surface area contributed by atoms with E-state index in [4.69, 9.17) is 0 Å². The molecule has 4 aromatic heterocycles. The molecule has 5 rings (SSSR count). The molecule has 1 atom stereocenters. The van der Waals surface area contributed by atoms with Crippen LogP contribution in [-0.4, -0.2) is 47.1 Å². The van der Waals surface area contributed by atoms with Crippen molar-refractivity contribution in [1.82, 2.24) is 34.7 Å². The Morgan fingerprint density at radius 2 is 2.28 bits per heavy atom. The van der Waals surface area contributed by atoms with E-state index >= 15 is 0 Å². The molecule has 0 bridgehead atoms. The Kier molecular flexibility index (Phi) is 2.96. The lowest BCUT2D eigenvalue weighted by Gasteiger charge is -2.33. The number of aromatic amines is 2. The van der Waals surface area contributed by atoms with Crippen LogP contribution in [0.2, 0.25) is 0 Å². The van der Waals surface area contributed by atoms with E-state index in [1.165, 1.54) is 0 Å². The fraction of sp³-hybridized carbons (Fsp3) is 0.176. The van der Waals surface area contributed by atoms with Gasteiger partial charge in [-0.05, 0) is 18.2 Å². The number of H-pyrrole nitrogens is 2. The Hall–Kier alpha value is -3.42. The van der Waals surface area contributed by atoms with Crippen LogP contribution in [-0.2, 0) is 6.42 Å². The van der Waals surface area contributed by atoms with Crippen LogP contribution < -0.4 is 0 Å². The fourth-order valence-corrected chi connectivity index (χ4v) is 3.42. The lowest BCUT2D eigenvalue weighted by molar-refractivity contribution is 0.0687. The SMILES string of the molecule is O=C(c1cn[nH]c1)N1CCc2[nH]cnc2C1c1cc2ccccn2n1. The van der Waals surface area contributed by atoms with Crippen LogP contribution in [0.5, 0.6) is 0 Å². The van der Waals surface area contributed by atoms with E-state index in [-0.39, 0.29) is 11.9 Å². The van der Waals surface area contributed by atoms with Crippen LogP contribution in [0.25, 0.3) is 5.52 Å². The number of fused-ring (bicyclic) bond motifs is 2. The van der Waals surface area contributed by atoms with Gasteiger partial charge in [0.15, 0.2) is 0 Å². The molecular weight excluding hydrogens is 318 g/mol. The first-order chi connectivity index (χ1) is 12.3. The summed E-state index contributed by atoms with van der Waals surface area (Å²) in [6.07, 6.45) is 7.48. The van der Waals surface area contributed by atoms with Crippen molar-refractivity contribution in [2.45, 2.75) is 12.5 Å². The number of pyridine rings is 1. The topological polar surface area (TPSA) is 95.0 Å². The Bertz CT molecular complexity index is 1010. The third-order valence-corrected chi connectivity index (χ3v) is 4.60. The minimum Gasteiger partial charge on any atom is -0.348 e. The molecular formula is C17H15N7O. The van der Waals surface area contributed by atoms with E-state index < -0.39 is 0 Å². The highest BCUT2D eigenvalue weighted by Gasteiger charge is 2.36. The summed E-state index contributed by atoms with van der Waals surface area (Å²) in [6, 6.07) is 7.57. The van der Waals surface area contributed by atoms with Crippen molar-refractivity contribution < 1.29 is 4.79 Å². The normalized spacial score (nSPS) is 17.0. The first-order valence-corrected chi connectivity index (χ1v) is 8.07. The van der Waals surface area contributed by atoms with Crippen LogP contribution in [0.3, 0.4) is 0 Å². The summed E-state index contributed by atoms with van der Waals surface area (Å²) >= 11 is 0. The maximum absolute atomic E-state index is 13.0. The van der Waals surface area contributed by atoms with Gasteiger partial charge in [0.2, 0.25) is 0 Å². The molecule has 2 N–H and O–H groups in total. The maximum atomic E-state index is 13.0. The number of aromatic nitrogens is 6. The van der Waals surface area contributed by atoms with E-state index in [1.807, 2.05) is 39.9 Å². The summed E-state index contributed by atoms with van der Waals surface area (Å²) in [5, 5.41) is 11.3. The molecule has 4 aromatic rings. The first kappa shape index (κ1) is 14.0. The van der Waals surface area contributed by atoms with Gasteiger partial charge < -0.3 is 9.88 Å². The molecule has 8 nitrogen and oxygen atoms in total. The maximum Gasteiger partial charge on any atom is 0.257 e. The highest BCUT2D eigenvalue weighted by atomic mass is 16.2. The number of carbonyl (C=O) groups excluding carboxylic acids is 1. The third kappa shape index (κ3) is 2.14. The van der Waals surface area contributed by atoms with Crippen LogP contribution in [0.1, 0.15) is 33.5 Å². The minimum atomic E-state index is -0.322. The van der Waals surface area contributed by atoms with Crippen LogP contribution in [0, 0.1) is 0 Å². The highest BCUT2D eigenvalue weighted by molar-refractivity contribution is 5.94. The number of nitrogens with zero attached hydrogens (tertiary/aromatic N) is 5. The summed E-state index contributed by atoms with van der Waals surface area (Å²) in [6.45, 7) is 0.595. The zero-order valence-corrected chi connectivity index (χ0v) is 13.3. The average molecular weight is 333 g/mol. The largest absolute Gasteiger partial charge is 0.348 e. The quantitative estimate of drug-likeness (QED) is 0.582. The van der Waals surface area contributed by atoms with Gasteiger partial charge in [0.1, 0.15) is 6.04 Å². The van der Waals surface area contributed by atoms with E-state index in [2.05, 4.69) is 25.3 Å². The van der Waals surface area contributed by atoms with E-state index in [0.717, 1.165) is 29.0 Å². The van der Waals surface area contributed by atoms with Crippen LogP contribution in [0.15, 0.2) is 49.2 Å². The van der Waals surface area contributed by atoms with E-state index in [9.17, 15) is 4.79 Å².